The molecule has 2 aromatic rings. The average Bonchev–Trinajstić information content (AvgIpc) is 2.58. The number of nitrogens with one attached hydrogen (secondary N) is 1. The van der Waals surface area contributed by atoms with Crippen LogP contribution in [-0.4, -0.2) is 13.0 Å². The van der Waals surface area contributed by atoms with Gasteiger partial charge in [0.2, 0.25) is 0 Å². The van der Waals surface area contributed by atoms with Crippen molar-refractivity contribution in [3.63, 3.8) is 0 Å². The van der Waals surface area contributed by atoms with Gasteiger partial charge in [0.05, 0.1) is 7.11 Å². The van der Waals surface area contributed by atoms with Crippen molar-refractivity contribution in [2.45, 2.75) is 13.8 Å². The largest absolute Gasteiger partial charge is 0.496 e. The third-order valence-corrected chi connectivity index (χ3v) is 4.03. The maximum absolute atomic E-state index is 12.4. The lowest BCUT2D eigenvalue weighted by molar-refractivity contribution is -0.112. The molecule has 0 spiro atoms. The first kappa shape index (κ1) is 17.6. The number of benzene rings is 2. The third kappa shape index (κ3) is 3.95. The van der Waals surface area contributed by atoms with E-state index in [4.69, 9.17) is 16.3 Å². The molecule has 1 amide bonds. The summed E-state index contributed by atoms with van der Waals surface area (Å²) in [6.07, 6.45) is 1.52. The van der Waals surface area contributed by atoms with Crippen LogP contribution in [0.4, 0.5) is 5.69 Å². The smallest absolute Gasteiger partial charge is 0.266 e. The molecule has 0 atom stereocenters. The molecule has 122 valence electrons. The molecule has 2 rings (SSSR count). The summed E-state index contributed by atoms with van der Waals surface area (Å²) in [5.41, 5.74) is 3.02. The van der Waals surface area contributed by atoms with Crippen molar-refractivity contribution in [3.05, 3.63) is 63.7 Å². The van der Waals surface area contributed by atoms with Gasteiger partial charge in [-0.3, -0.25) is 4.79 Å². The number of hydrogen-bond acceptors (Lipinski definition) is 3. The van der Waals surface area contributed by atoms with Crippen molar-refractivity contribution in [3.8, 4) is 11.8 Å². The summed E-state index contributed by atoms with van der Waals surface area (Å²) in [5, 5.41) is 12.6. The van der Waals surface area contributed by atoms with E-state index in [2.05, 4.69) is 5.32 Å². The van der Waals surface area contributed by atoms with Crippen LogP contribution in [0.3, 0.4) is 0 Å². The number of carbonyl (C=O) groups excluding carboxylic acids is 1. The van der Waals surface area contributed by atoms with E-state index in [0.29, 0.717) is 22.0 Å². The van der Waals surface area contributed by atoms with Crippen LogP contribution < -0.4 is 10.1 Å². The fourth-order valence-electron chi connectivity index (χ4n) is 2.17. The van der Waals surface area contributed by atoms with Gasteiger partial charge in [-0.2, -0.15) is 5.26 Å². The lowest BCUT2D eigenvalue weighted by Crippen LogP contribution is -2.14. The van der Waals surface area contributed by atoms with E-state index in [1.54, 1.807) is 38.3 Å². The van der Waals surface area contributed by atoms with Crippen molar-refractivity contribution in [2.24, 2.45) is 0 Å². The molecule has 2 aromatic carbocycles. The predicted molar refractivity (Wildman–Crippen MR) is 96.1 cm³/mol. The molecule has 0 saturated carbocycles. The highest BCUT2D eigenvalue weighted by Crippen LogP contribution is 2.24. The van der Waals surface area contributed by atoms with Gasteiger partial charge in [-0.05, 0) is 54.8 Å². The molecule has 5 heteroatoms. The van der Waals surface area contributed by atoms with Crippen LogP contribution in [0.1, 0.15) is 16.7 Å². The molecule has 24 heavy (non-hydrogen) atoms. The van der Waals surface area contributed by atoms with E-state index in [1.165, 1.54) is 6.08 Å². The molecular weight excluding hydrogens is 324 g/mol. The Balaban J connectivity index is 2.29. The first-order valence-electron chi connectivity index (χ1n) is 7.29. The maximum atomic E-state index is 12.4. The number of methoxy groups -OCH3 is 1. The number of anilines is 1. The maximum Gasteiger partial charge on any atom is 0.266 e. The van der Waals surface area contributed by atoms with Crippen LogP contribution in [0, 0.1) is 25.2 Å². The predicted octanol–water partition coefficient (Wildman–Crippen LogP) is 4.51. The minimum absolute atomic E-state index is 0.000261. The number of aryl methyl sites for hydroxylation is 1. The zero-order chi connectivity index (χ0) is 17.7. The Morgan fingerprint density at radius 3 is 2.71 bits per heavy atom. The van der Waals surface area contributed by atoms with Crippen LogP contribution in [0.15, 0.2) is 42.0 Å². The second kappa shape index (κ2) is 7.67. The highest BCUT2D eigenvalue weighted by Gasteiger charge is 2.12. The molecule has 0 unspecified atom stereocenters. The van der Waals surface area contributed by atoms with Gasteiger partial charge in [-0.15, -0.1) is 0 Å². The first-order valence-corrected chi connectivity index (χ1v) is 7.67. The second-order valence-corrected chi connectivity index (χ2v) is 5.67. The van der Waals surface area contributed by atoms with Crippen LogP contribution in [0.25, 0.3) is 6.08 Å². The van der Waals surface area contributed by atoms with Gasteiger partial charge in [0, 0.05) is 10.7 Å². The summed E-state index contributed by atoms with van der Waals surface area (Å²) in [6.45, 7) is 3.73. The lowest BCUT2D eigenvalue weighted by Gasteiger charge is -2.09. The third-order valence-electron chi connectivity index (χ3n) is 3.62. The number of amides is 1. The van der Waals surface area contributed by atoms with E-state index in [0.717, 1.165) is 11.1 Å². The molecule has 0 heterocycles. The van der Waals surface area contributed by atoms with Crippen molar-refractivity contribution in [1.82, 2.24) is 0 Å². The van der Waals surface area contributed by atoms with Crippen molar-refractivity contribution in [1.29, 1.82) is 5.26 Å². The number of nitrogens with zero attached hydrogens (tertiary/aromatic N) is 1. The van der Waals surface area contributed by atoms with Gasteiger partial charge in [0.25, 0.3) is 5.91 Å². The fraction of sp³-hybridized carbons (Fsp3) is 0.158. The average molecular weight is 341 g/mol. The van der Waals surface area contributed by atoms with E-state index in [-0.39, 0.29) is 5.57 Å². The van der Waals surface area contributed by atoms with E-state index < -0.39 is 5.91 Å². The Kier molecular flexibility index (Phi) is 5.62. The standard InChI is InChI=1S/C19H17ClN2O2/c1-12-7-8-14(10-18(12)24-3)9-15(11-21)19(23)22-17-6-4-5-16(20)13(17)2/h4-10H,1-3H3,(H,22,23)/b15-9+. The number of hydrogen-bond donors (Lipinski definition) is 1. The topological polar surface area (TPSA) is 62.1 Å². The normalized spacial score (nSPS) is 10.9. The fourth-order valence-corrected chi connectivity index (χ4v) is 2.35. The lowest BCUT2D eigenvalue weighted by atomic mass is 10.1. The SMILES string of the molecule is COc1cc(/C=C(\C#N)C(=O)Nc2cccc(Cl)c2C)ccc1C. The number of carbonyl (C=O) groups is 1. The van der Waals surface area contributed by atoms with Gasteiger partial charge in [0.1, 0.15) is 17.4 Å². The van der Waals surface area contributed by atoms with Crippen molar-refractivity contribution >= 4 is 29.3 Å². The highest BCUT2D eigenvalue weighted by molar-refractivity contribution is 6.31. The Morgan fingerprint density at radius 1 is 1.29 bits per heavy atom. The molecule has 0 aliphatic heterocycles. The molecule has 0 radical (unpaired) electrons. The molecule has 0 saturated heterocycles. The Bertz CT molecular complexity index is 851. The molecule has 0 aliphatic carbocycles. The summed E-state index contributed by atoms with van der Waals surface area (Å²) in [7, 11) is 1.58. The zero-order valence-corrected chi connectivity index (χ0v) is 14.4. The number of rotatable bonds is 4. The number of nitriles is 1. The van der Waals surface area contributed by atoms with E-state index in [1.807, 2.05) is 25.1 Å². The van der Waals surface area contributed by atoms with E-state index in [9.17, 15) is 10.1 Å². The molecule has 0 aromatic heterocycles. The molecule has 1 N–H and O–H groups in total. The van der Waals surface area contributed by atoms with Gasteiger partial charge in [-0.25, -0.2) is 0 Å². The Morgan fingerprint density at radius 2 is 2.04 bits per heavy atom. The van der Waals surface area contributed by atoms with Gasteiger partial charge < -0.3 is 10.1 Å². The minimum Gasteiger partial charge on any atom is -0.496 e. The summed E-state index contributed by atoms with van der Waals surface area (Å²) >= 11 is 6.04. The monoisotopic (exact) mass is 340 g/mol. The molecular formula is C19H17ClN2O2. The number of halogens is 1. The Hall–Kier alpha value is -2.77. The molecule has 0 fully saturated rings. The van der Waals surface area contributed by atoms with Gasteiger partial charge >= 0.3 is 0 Å². The van der Waals surface area contributed by atoms with Crippen LogP contribution in [-0.2, 0) is 4.79 Å². The summed E-state index contributed by atoms with van der Waals surface area (Å²) in [6, 6.07) is 12.6. The molecule has 4 nitrogen and oxygen atoms in total. The summed E-state index contributed by atoms with van der Waals surface area (Å²) in [4.78, 5) is 12.4. The van der Waals surface area contributed by atoms with Gasteiger partial charge in [-0.1, -0.05) is 29.8 Å². The summed E-state index contributed by atoms with van der Waals surface area (Å²) < 4.78 is 5.26. The van der Waals surface area contributed by atoms with Crippen LogP contribution in [0.5, 0.6) is 5.75 Å². The highest BCUT2D eigenvalue weighted by atomic mass is 35.5. The molecule has 0 bridgehead atoms. The minimum atomic E-state index is -0.484. The van der Waals surface area contributed by atoms with Crippen molar-refractivity contribution < 1.29 is 9.53 Å². The van der Waals surface area contributed by atoms with Crippen LogP contribution >= 0.6 is 11.6 Å². The Labute approximate surface area is 146 Å². The van der Waals surface area contributed by atoms with Crippen molar-refractivity contribution in [2.75, 3.05) is 12.4 Å². The molecule has 0 aliphatic rings. The zero-order valence-electron chi connectivity index (χ0n) is 13.7. The van der Waals surface area contributed by atoms with Gasteiger partial charge in [0.15, 0.2) is 0 Å². The quantitative estimate of drug-likeness (QED) is 0.658. The second-order valence-electron chi connectivity index (χ2n) is 5.27. The van der Waals surface area contributed by atoms with Crippen LogP contribution in [0.2, 0.25) is 5.02 Å². The summed E-state index contributed by atoms with van der Waals surface area (Å²) in [5.74, 6) is 0.217. The number of ether oxygens (including phenoxy) is 1. The van der Waals surface area contributed by atoms with E-state index >= 15 is 0 Å². The first-order chi connectivity index (χ1) is 11.5.